The van der Waals surface area contributed by atoms with Gasteiger partial charge in [0.05, 0.1) is 6.61 Å². The largest absolute Gasteiger partial charge is 0.465 e. The van der Waals surface area contributed by atoms with Crippen LogP contribution in [0.15, 0.2) is 34.7 Å². The van der Waals surface area contributed by atoms with Crippen LogP contribution in [0.3, 0.4) is 0 Å². The van der Waals surface area contributed by atoms with Gasteiger partial charge in [0.15, 0.2) is 4.34 Å². The molecule has 19 heavy (non-hydrogen) atoms. The second kappa shape index (κ2) is 6.68. The average Bonchev–Trinajstić information content (AvgIpc) is 2.83. The predicted octanol–water partition coefficient (Wildman–Crippen LogP) is 3.24. The van der Waals surface area contributed by atoms with Gasteiger partial charge in [-0.05, 0) is 30.9 Å². The zero-order valence-corrected chi connectivity index (χ0v) is 12.3. The molecule has 0 aliphatic rings. The number of aryl methyl sites for hydroxylation is 1. The van der Waals surface area contributed by atoms with Crippen LogP contribution in [0.1, 0.15) is 23.6 Å². The number of carbonyl (C=O) groups excluding carboxylic acids is 1. The number of carbonyl (C=O) groups is 1. The molecule has 2 aromatic rings. The molecule has 0 bridgehead atoms. The van der Waals surface area contributed by atoms with Crippen LogP contribution in [-0.2, 0) is 9.53 Å². The summed E-state index contributed by atoms with van der Waals surface area (Å²) in [5, 5.41) is -0.395. The molecule has 1 aromatic carbocycles. The molecule has 0 saturated heterocycles. The normalized spacial score (nSPS) is 12.1. The van der Waals surface area contributed by atoms with Crippen LogP contribution in [0.25, 0.3) is 0 Å². The van der Waals surface area contributed by atoms with Crippen LogP contribution in [0.4, 0.5) is 0 Å². The molecule has 1 atom stereocenters. The molecular weight excluding hydrogens is 280 g/mol. The van der Waals surface area contributed by atoms with Crippen molar-refractivity contribution >= 4 is 29.3 Å². The number of esters is 1. The number of rotatable bonds is 5. The third kappa shape index (κ3) is 3.78. The lowest BCUT2D eigenvalue weighted by Gasteiger charge is -2.13. The van der Waals surface area contributed by atoms with Crippen LogP contribution in [0.2, 0.25) is 0 Å². The maximum atomic E-state index is 12.1. The predicted molar refractivity (Wildman–Crippen MR) is 76.3 cm³/mol. The first-order valence-electron chi connectivity index (χ1n) is 5.89. The summed E-state index contributed by atoms with van der Waals surface area (Å²) >= 11 is 2.68. The van der Waals surface area contributed by atoms with Crippen molar-refractivity contribution in [3.05, 3.63) is 41.7 Å². The lowest BCUT2D eigenvalue weighted by atomic mass is 10.1. The number of nitrogens with zero attached hydrogens (tertiary/aromatic N) is 2. The van der Waals surface area contributed by atoms with E-state index in [4.69, 9.17) is 4.74 Å². The van der Waals surface area contributed by atoms with Gasteiger partial charge >= 0.3 is 5.97 Å². The maximum Gasteiger partial charge on any atom is 0.324 e. The Kier molecular flexibility index (Phi) is 4.93. The van der Waals surface area contributed by atoms with Gasteiger partial charge in [0, 0.05) is 0 Å². The van der Waals surface area contributed by atoms with E-state index in [1.807, 2.05) is 37.3 Å². The third-order valence-corrected chi connectivity index (χ3v) is 4.44. The lowest BCUT2D eigenvalue weighted by Crippen LogP contribution is -2.13. The summed E-state index contributed by atoms with van der Waals surface area (Å²) in [7, 11) is 0. The number of thioether (sulfide) groups is 1. The summed E-state index contributed by atoms with van der Waals surface area (Å²) in [6.45, 7) is 4.01. The number of ether oxygens (including phenoxy) is 1. The topological polar surface area (TPSA) is 52.1 Å². The van der Waals surface area contributed by atoms with Gasteiger partial charge in [-0.25, -0.2) is 4.98 Å². The highest BCUT2D eigenvalue weighted by atomic mass is 32.2. The Morgan fingerprint density at radius 3 is 2.74 bits per heavy atom. The average molecular weight is 294 g/mol. The van der Waals surface area contributed by atoms with Crippen LogP contribution in [-0.4, -0.2) is 21.9 Å². The summed E-state index contributed by atoms with van der Waals surface area (Å²) in [5.74, 6) is 0.481. The van der Waals surface area contributed by atoms with Gasteiger partial charge < -0.3 is 4.74 Å². The first-order chi connectivity index (χ1) is 9.20. The van der Waals surface area contributed by atoms with Gasteiger partial charge in [-0.1, -0.05) is 42.1 Å². The van der Waals surface area contributed by atoms with Crippen LogP contribution < -0.4 is 0 Å². The summed E-state index contributed by atoms with van der Waals surface area (Å²) in [6, 6.07) is 9.58. The first-order valence-corrected chi connectivity index (χ1v) is 7.54. The standard InChI is InChI=1S/C13H14N2O2S2/c1-3-17-12(16)11(10-7-5-4-6-8-10)18-13-14-9(2)15-19-13/h4-8,11H,3H2,1-2H3. The van der Waals surface area contributed by atoms with Crippen LogP contribution in [0, 0.1) is 6.92 Å². The fourth-order valence-electron chi connectivity index (χ4n) is 1.52. The second-order valence-electron chi connectivity index (χ2n) is 3.77. The van der Waals surface area contributed by atoms with Gasteiger partial charge in [0.1, 0.15) is 11.1 Å². The molecule has 6 heteroatoms. The Labute approximate surface area is 120 Å². The highest BCUT2D eigenvalue weighted by Gasteiger charge is 2.24. The molecule has 0 radical (unpaired) electrons. The zero-order chi connectivity index (χ0) is 13.7. The van der Waals surface area contributed by atoms with E-state index >= 15 is 0 Å². The fraction of sp³-hybridized carbons (Fsp3) is 0.308. The van der Waals surface area contributed by atoms with E-state index in [2.05, 4.69) is 9.36 Å². The maximum absolute atomic E-state index is 12.1. The van der Waals surface area contributed by atoms with Crippen molar-refractivity contribution in [1.82, 2.24) is 9.36 Å². The first kappa shape index (κ1) is 14.0. The molecule has 0 fully saturated rings. The van der Waals surface area contributed by atoms with E-state index in [1.54, 1.807) is 6.92 Å². The van der Waals surface area contributed by atoms with Crippen molar-refractivity contribution in [2.24, 2.45) is 0 Å². The highest BCUT2D eigenvalue weighted by Crippen LogP contribution is 2.36. The zero-order valence-electron chi connectivity index (χ0n) is 10.7. The fourth-order valence-corrected chi connectivity index (χ4v) is 3.37. The molecule has 0 saturated carbocycles. The van der Waals surface area contributed by atoms with Crippen molar-refractivity contribution in [3.63, 3.8) is 0 Å². The molecule has 1 aromatic heterocycles. The smallest absolute Gasteiger partial charge is 0.324 e. The minimum Gasteiger partial charge on any atom is -0.465 e. The van der Waals surface area contributed by atoms with Crippen molar-refractivity contribution in [2.45, 2.75) is 23.4 Å². The van der Waals surface area contributed by atoms with Crippen LogP contribution >= 0.6 is 23.3 Å². The van der Waals surface area contributed by atoms with Gasteiger partial charge in [0.25, 0.3) is 0 Å². The molecule has 0 aliphatic heterocycles. The van der Waals surface area contributed by atoms with Gasteiger partial charge in [-0.3, -0.25) is 4.79 Å². The molecular formula is C13H14N2O2S2. The van der Waals surface area contributed by atoms with E-state index in [9.17, 15) is 4.79 Å². The Morgan fingerprint density at radius 1 is 1.42 bits per heavy atom. The number of hydrogen-bond donors (Lipinski definition) is 0. The molecule has 0 aliphatic carbocycles. The van der Waals surface area contributed by atoms with Gasteiger partial charge in [-0.15, -0.1) is 0 Å². The Bertz CT molecular complexity index is 543. The van der Waals surface area contributed by atoms with Crippen LogP contribution in [0.5, 0.6) is 0 Å². The Balaban J connectivity index is 2.22. The van der Waals surface area contributed by atoms with Gasteiger partial charge in [-0.2, -0.15) is 4.37 Å². The second-order valence-corrected chi connectivity index (χ2v) is 5.87. The molecule has 0 spiro atoms. The molecule has 1 heterocycles. The monoisotopic (exact) mass is 294 g/mol. The van der Waals surface area contributed by atoms with Gasteiger partial charge in [0.2, 0.25) is 0 Å². The third-order valence-electron chi connectivity index (χ3n) is 2.33. The molecule has 1 unspecified atom stereocenters. The molecule has 0 amide bonds. The van der Waals surface area contributed by atoms with E-state index in [0.717, 1.165) is 15.7 Å². The lowest BCUT2D eigenvalue weighted by molar-refractivity contribution is -0.142. The molecule has 2 rings (SSSR count). The van der Waals surface area contributed by atoms with Crippen molar-refractivity contribution in [3.8, 4) is 0 Å². The highest BCUT2D eigenvalue weighted by molar-refractivity contribution is 8.01. The van der Waals surface area contributed by atoms with E-state index in [-0.39, 0.29) is 5.97 Å². The van der Waals surface area contributed by atoms with E-state index in [1.165, 1.54) is 23.3 Å². The number of hydrogen-bond acceptors (Lipinski definition) is 6. The number of aromatic nitrogens is 2. The number of benzene rings is 1. The summed E-state index contributed by atoms with van der Waals surface area (Å²) in [5.41, 5.74) is 0.916. The summed E-state index contributed by atoms with van der Waals surface area (Å²) in [4.78, 5) is 16.3. The molecule has 100 valence electrons. The minimum absolute atomic E-state index is 0.244. The molecule has 4 nitrogen and oxygen atoms in total. The minimum atomic E-state index is -0.395. The van der Waals surface area contributed by atoms with E-state index < -0.39 is 5.25 Å². The van der Waals surface area contributed by atoms with E-state index in [0.29, 0.717) is 6.61 Å². The van der Waals surface area contributed by atoms with Crippen molar-refractivity contribution in [2.75, 3.05) is 6.61 Å². The summed E-state index contributed by atoms with van der Waals surface area (Å²) < 4.78 is 10.0. The molecule has 0 N–H and O–H groups in total. The Hall–Kier alpha value is -1.40. The summed E-state index contributed by atoms with van der Waals surface area (Å²) in [6.07, 6.45) is 0. The Morgan fingerprint density at radius 2 is 2.16 bits per heavy atom. The SMILES string of the molecule is CCOC(=O)C(Sc1nc(C)ns1)c1ccccc1. The van der Waals surface area contributed by atoms with Crippen molar-refractivity contribution < 1.29 is 9.53 Å². The van der Waals surface area contributed by atoms with Crippen molar-refractivity contribution in [1.29, 1.82) is 0 Å². The quantitative estimate of drug-likeness (QED) is 0.626.